The van der Waals surface area contributed by atoms with Crippen LogP contribution in [0.25, 0.3) is 90.8 Å². The zero-order chi connectivity index (χ0) is 51.1. The van der Waals surface area contributed by atoms with Crippen molar-refractivity contribution >= 4 is 63.1 Å². The third-order valence-electron chi connectivity index (χ3n) is 18.2. The molecule has 1 aromatic heterocycles. The normalized spacial score (nSPS) is 17.5. The first-order valence-electron chi connectivity index (χ1n) is 28.0. The van der Waals surface area contributed by atoms with Crippen molar-refractivity contribution in [2.24, 2.45) is 0 Å². The van der Waals surface area contributed by atoms with E-state index < -0.39 is 0 Å². The molecule has 10 aromatic rings. The number of para-hydroxylation sites is 3. The molecule has 15 rings (SSSR count). The molecule has 0 amide bonds. The number of allylic oxidation sites excluding steroid dienone is 4. The summed E-state index contributed by atoms with van der Waals surface area (Å²) in [6, 6.07) is 73.4. The summed E-state index contributed by atoms with van der Waals surface area (Å²) in [4.78, 5) is 2.38. The molecule has 77 heavy (non-hydrogen) atoms. The molecule has 2 fully saturated rings. The van der Waals surface area contributed by atoms with Crippen molar-refractivity contribution in [3.63, 3.8) is 0 Å². The van der Waals surface area contributed by atoms with Gasteiger partial charge in [0.1, 0.15) is 0 Å². The van der Waals surface area contributed by atoms with E-state index in [2.05, 4.69) is 259 Å². The van der Waals surface area contributed by atoms with Gasteiger partial charge in [-0.15, -0.1) is 0 Å². The first kappa shape index (κ1) is 45.7. The van der Waals surface area contributed by atoms with Gasteiger partial charge in [-0.1, -0.05) is 208 Å². The van der Waals surface area contributed by atoms with E-state index in [9.17, 15) is 0 Å². The number of fused-ring (bicyclic) bond motifs is 14. The standard InChI is InChI=1S/C75H60N2/c1-51-17-5-4-16-44-76(58-18-6-2-7-19-58)71-38-30-52(45-65(51)71)24-26-54-28-34-60-62-36-32-56(49-69(62)74(67(60)47-54)40-12-13-41-74)57-33-37-63-61-35-29-55(48-68(61)75(70(63)50-57)42-14-15-43-75)27-25-53-31-39-73-66(46-53)64-22-10-11-23-72(64)77(73)59-20-8-3-9-21-59/h2-11,16-39,45-50H,1,12-15,40-44H2/b16-4-,17-5-,26-24+,27-25+. The second-order valence-corrected chi connectivity index (χ2v) is 22.4. The SMILES string of the molecule is C=C1/C=C\C=C/CN(c2ccccc2)c2ccc(/C=C/c3ccc4c(c3)C3(CCCC3)c3cc(-c5ccc6c(c5)C5(CCCC5)c5cc(/C=C/c7ccc8c(c7)c7ccccc7n8-c7ccccc7)ccc5-6)ccc3-4)cc21. The molecule has 1 aliphatic heterocycles. The van der Waals surface area contributed by atoms with Crippen molar-refractivity contribution in [3.8, 4) is 39.1 Å². The molecule has 4 aliphatic carbocycles. The van der Waals surface area contributed by atoms with E-state index in [0.29, 0.717) is 0 Å². The Labute approximate surface area is 453 Å². The fourth-order valence-corrected chi connectivity index (χ4v) is 14.6. The summed E-state index contributed by atoms with van der Waals surface area (Å²) >= 11 is 0. The zero-order valence-electron chi connectivity index (χ0n) is 43.6. The predicted molar refractivity (Wildman–Crippen MR) is 327 cm³/mol. The van der Waals surface area contributed by atoms with Gasteiger partial charge in [0.2, 0.25) is 0 Å². The minimum atomic E-state index is 0.0426. The molecular weight excluding hydrogens is 929 g/mol. The van der Waals surface area contributed by atoms with E-state index in [1.165, 1.54) is 168 Å². The molecular formula is C75H60N2. The highest BCUT2D eigenvalue weighted by Gasteiger charge is 2.47. The smallest absolute Gasteiger partial charge is 0.0541 e. The Morgan fingerprint density at radius 2 is 0.870 bits per heavy atom. The van der Waals surface area contributed by atoms with E-state index in [1.807, 2.05) is 0 Å². The lowest BCUT2D eigenvalue weighted by Gasteiger charge is -2.28. The number of aromatic nitrogens is 1. The monoisotopic (exact) mass is 988 g/mol. The molecule has 9 aromatic carbocycles. The van der Waals surface area contributed by atoms with Crippen molar-refractivity contribution < 1.29 is 0 Å². The number of hydrogen-bond donors (Lipinski definition) is 0. The summed E-state index contributed by atoms with van der Waals surface area (Å²) in [5.41, 5.74) is 27.6. The molecule has 5 aliphatic rings. The van der Waals surface area contributed by atoms with Crippen molar-refractivity contribution in [2.75, 3.05) is 11.4 Å². The van der Waals surface area contributed by atoms with Gasteiger partial charge in [0, 0.05) is 50.8 Å². The van der Waals surface area contributed by atoms with Crippen LogP contribution in [0, 0.1) is 0 Å². The summed E-state index contributed by atoms with van der Waals surface area (Å²) in [5.74, 6) is 0. The van der Waals surface area contributed by atoms with Gasteiger partial charge in [-0.25, -0.2) is 0 Å². The lowest BCUT2D eigenvalue weighted by molar-refractivity contribution is 0.549. The van der Waals surface area contributed by atoms with Gasteiger partial charge < -0.3 is 9.47 Å². The molecule has 0 bridgehead atoms. The van der Waals surface area contributed by atoms with E-state index in [1.54, 1.807) is 0 Å². The van der Waals surface area contributed by atoms with Gasteiger partial charge in [0.05, 0.1) is 11.0 Å². The second-order valence-electron chi connectivity index (χ2n) is 22.4. The van der Waals surface area contributed by atoms with Gasteiger partial charge in [-0.05, 0) is 176 Å². The number of anilines is 2. The highest BCUT2D eigenvalue weighted by atomic mass is 15.1. The number of hydrogen-bond acceptors (Lipinski definition) is 1. The molecule has 0 radical (unpaired) electrons. The fraction of sp³-hybridized carbons (Fsp3) is 0.147. The maximum Gasteiger partial charge on any atom is 0.0541 e. The third kappa shape index (κ3) is 7.44. The molecule has 2 heteroatoms. The van der Waals surface area contributed by atoms with Crippen LogP contribution in [0.5, 0.6) is 0 Å². The average molecular weight is 989 g/mol. The van der Waals surface area contributed by atoms with E-state index in [-0.39, 0.29) is 10.8 Å². The lowest BCUT2D eigenvalue weighted by Crippen LogP contribution is -2.21. The molecule has 0 saturated heterocycles. The van der Waals surface area contributed by atoms with Crippen LogP contribution in [0.4, 0.5) is 11.4 Å². The van der Waals surface area contributed by atoms with Gasteiger partial charge in [0.25, 0.3) is 0 Å². The molecule has 0 atom stereocenters. The Morgan fingerprint density at radius 3 is 1.48 bits per heavy atom. The van der Waals surface area contributed by atoms with Crippen LogP contribution in [0.3, 0.4) is 0 Å². The van der Waals surface area contributed by atoms with Gasteiger partial charge in [-0.2, -0.15) is 0 Å². The predicted octanol–water partition coefficient (Wildman–Crippen LogP) is 19.7. The van der Waals surface area contributed by atoms with Crippen molar-refractivity contribution in [1.29, 1.82) is 0 Å². The molecule has 2 saturated carbocycles. The summed E-state index contributed by atoms with van der Waals surface area (Å²) in [5, 5.41) is 2.56. The molecule has 2 nitrogen and oxygen atoms in total. The topological polar surface area (TPSA) is 8.17 Å². The first-order valence-corrected chi connectivity index (χ1v) is 28.0. The minimum Gasteiger partial charge on any atom is -0.337 e. The van der Waals surface area contributed by atoms with Crippen LogP contribution >= 0.6 is 0 Å². The largest absolute Gasteiger partial charge is 0.337 e. The van der Waals surface area contributed by atoms with E-state index in [0.717, 1.165) is 17.7 Å². The van der Waals surface area contributed by atoms with Gasteiger partial charge in [-0.3, -0.25) is 0 Å². The number of rotatable bonds is 7. The van der Waals surface area contributed by atoms with E-state index in [4.69, 9.17) is 0 Å². The summed E-state index contributed by atoms with van der Waals surface area (Å²) < 4.78 is 2.39. The van der Waals surface area contributed by atoms with Gasteiger partial charge in [0.15, 0.2) is 0 Å². The second kappa shape index (κ2) is 18.2. The highest BCUT2D eigenvalue weighted by molar-refractivity contribution is 6.10. The Hall–Kier alpha value is -8.72. The maximum absolute atomic E-state index is 4.51. The molecule has 2 spiro atoms. The quantitative estimate of drug-likeness (QED) is 0.145. The molecule has 0 N–H and O–H groups in total. The van der Waals surface area contributed by atoms with E-state index >= 15 is 0 Å². The van der Waals surface area contributed by atoms with Crippen molar-refractivity contribution in [3.05, 3.63) is 275 Å². The zero-order valence-corrected chi connectivity index (χ0v) is 43.6. The van der Waals surface area contributed by atoms with Crippen LogP contribution in [-0.4, -0.2) is 11.1 Å². The third-order valence-corrected chi connectivity index (χ3v) is 18.2. The highest BCUT2D eigenvalue weighted by Crippen LogP contribution is 2.60. The lowest BCUT2D eigenvalue weighted by atomic mass is 9.75. The summed E-state index contributed by atoms with van der Waals surface area (Å²) in [6.45, 7) is 5.30. The van der Waals surface area contributed by atoms with Crippen molar-refractivity contribution in [1.82, 2.24) is 4.57 Å². The van der Waals surface area contributed by atoms with Gasteiger partial charge >= 0.3 is 0 Å². The number of benzene rings is 9. The Bertz CT molecular complexity index is 4140. The Kier molecular flexibility index (Phi) is 10.8. The van der Waals surface area contributed by atoms with Crippen LogP contribution in [-0.2, 0) is 10.8 Å². The summed E-state index contributed by atoms with van der Waals surface area (Å²) in [7, 11) is 0. The van der Waals surface area contributed by atoms with Crippen LogP contribution in [0.15, 0.2) is 225 Å². The molecule has 370 valence electrons. The molecule has 0 unspecified atom stereocenters. The minimum absolute atomic E-state index is 0.0426. The van der Waals surface area contributed by atoms with Crippen LogP contribution in [0.2, 0.25) is 0 Å². The maximum atomic E-state index is 4.51. The van der Waals surface area contributed by atoms with Crippen LogP contribution in [0.1, 0.15) is 101 Å². The van der Waals surface area contributed by atoms with Crippen LogP contribution < -0.4 is 4.90 Å². The Morgan fingerprint density at radius 1 is 0.390 bits per heavy atom. The molecule has 2 heterocycles. The fourth-order valence-electron chi connectivity index (χ4n) is 14.6. The Balaban J connectivity index is 0.721. The first-order chi connectivity index (χ1) is 38.0. The average Bonchev–Trinajstić information content (AvgIpc) is 4.53. The number of nitrogens with zero attached hydrogens (tertiary/aromatic N) is 2. The summed E-state index contributed by atoms with van der Waals surface area (Å²) in [6.07, 6.45) is 27.7. The van der Waals surface area contributed by atoms with Crippen molar-refractivity contribution in [2.45, 2.75) is 62.2 Å².